The molecule has 72 valence electrons. The maximum Gasteiger partial charge on any atom is 0.106 e. The molecule has 0 saturated heterocycles. The Hall–Kier alpha value is -0.160. The number of hydrogen-bond donors (Lipinski definition) is 4. The fourth-order valence-corrected chi connectivity index (χ4v) is 1.76. The van der Waals surface area contributed by atoms with E-state index < -0.39 is 18.3 Å². The summed E-state index contributed by atoms with van der Waals surface area (Å²) in [6, 6.07) is 0. The molecule has 0 aliphatic heterocycles. The smallest absolute Gasteiger partial charge is 0.106 e. The number of aliphatic hydroxyl groups is 4. The molecule has 4 N–H and O–H groups in total. The predicted molar refractivity (Wildman–Crippen MR) is 42.4 cm³/mol. The van der Waals surface area contributed by atoms with Crippen molar-refractivity contribution in [2.45, 2.75) is 31.7 Å². The van der Waals surface area contributed by atoms with E-state index in [1.165, 1.54) is 0 Å². The first kappa shape index (κ1) is 9.92. The van der Waals surface area contributed by atoms with E-state index in [0.29, 0.717) is 6.42 Å². The summed E-state index contributed by atoms with van der Waals surface area (Å²) in [6.45, 7) is 1.65. The third kappa shape index (κ3) is 1.61. The molecule has 0 spiro atoms. The molecule has 1 saturated carbocycles. The second-order valence-corrected chi connectivity index (χ2v) is 3.63. The highest BCUT2D eigenvalue weighted by Gasteiger charge is 2.40. The molecule has 2 unspecified atom stereocenters. The van der Waals surface area contributed by atoms with Crippen LogP contribution in [-0.2, 0) is 0 Å². The molecule has 1 rings (SSSR count). The summed E-state index contributed by atoms with van der Waals surface area (Å²) in [4.78, 5) is 0. The first-order valence-corrected chi connectivity index (χ1v) is 4.23. The lowest BCUT2D eigenvalue weighted by atomic mass is 9.77. The highest BCUT2D eigenvalue weighted by molar-refractivity contribution is 4.90. The highest BCUT2D eigenvalue weighted by atomic mass is 16.4. The van der Waals surface area contributed by atoms with E-state index in [9.17, 15) is 15.3 Å². The summed E-state index contributed by atoms with van der Waals surface area (Å²) in [6.07, 6.45) is -2.44. The Morgan fingerprint density at radius 2 is 1.67 bits per heavy atom. The number of aliphatic hydroxyl groups excluding tert-OH is 4. The van der Waals surface area contributed by atoms with Crippen molar-refractivity contribution in [1.29, 1.82) is 0 Å². The molecule has 1 aliphatic rings. The molecule has 4 heteroatoms. The molecule has 0 amide bonds. The Morgan fingerprint density at radius 3 is 2.17 bits per heavy atom. The first-order chi connectivity index (χ1) is 5.57. The lowest BCUT2D eigenvalue weighted by Gasteiger charge is -2.38. The van der Waals surface area contributed by atoms with E-state index in [-0.39, 0.29) is 18.4 Å². The van der Waals surface area contributed by atoms with E-state index in [1.54, 1.807) is 6.92 Å². The minimum absolute atomic E-state index is 0.0689. The zero-order valence-corrected chi connectivity index (χ0v) is 7.09. The van der Waals surface area contributed by atoms with Gasteiger partial charge >= 0.3 is 0 Å². The minimum Gasteiger partial charge on any atom is -0.396 e. The average molecular weight is 176 g/mol. The van der Waals surface area contributed by atoms with Crippen molar-refractivity contribution in [3.63, 3.8) is 0 Å². The molecule has 1 aliphatic carbocycles. The molecule has 4 nitrogen and oxygen atoms in total. The van der Waals surface area contributed by atoms with E-state index >= 15 is 0 Å². The Kier molecular flexibility index (Phi) is 3.06. The van der Waals surface area contributed by atoms with Crippen LogP contribution in [0.15, 0.2) is 0 Å². The van der Waals surface area contributed by atoms with Gasteiger partial charge in [0.25, 0.3) is 0 Å². The van der Waals surface area contributed by atoms with Gasteiger partial charge in [0.15, 0.2) is 0 Å². The third-order valence-corrected chi connectivity index (χ3v) is 2.67. The Balaban J connectivity index is 2.63. The molecule has 0 aromatic heterocycles. The summed E-state index contributed by atoms with van der Waals surface area (Å²) in [5, 5.41) is 36.8. The maximum absolute atomic E-state index is 9.36. The maximum atomic E-state index is 9.36. The molecule has 0 radical (unpaired) electrons. The standard InChI is InChI=1S/C8H16O4/c1-4-2-5(3-9)7(11)8(12)6(4)10/h4-12H,2-3H2,1H3/t4-,5?,6?,7+,8+/m0/s1. The molecule has 5 atom stereocenters. The highest BCUT2D eigenvalue weighted by Crippen LogP contribution is 2.29. The van der Waals surface area contributed by atoms with Gasteiger partial charge in [-0.1, -0.05) is 6.92 Å². The van der Waals surface area contributed by atoms with Crippen LogP contribution in [0, 0.1) is 11.8 Å². The molecule has 1 fully saturated rings. The van der Waals surface area contributed by atoms with Gasteiger partial charge in [0.2, 0.25) is 0 Å². The van der Waals surface area contributed by atoms with Gasteiger partial charge < -0.3 is 20.4 Å². The van der Waals surface area contributed by atoms with Crippen LogP contribution >= 0.6 is 0 Å². The molecule has 0 bridgehead atoms. The zero-order chi connectivity index (χ0) is 9.30. The van der Waals surface area contributed by atoms with Gasteiger partial charge in [0.1, 0.15) is 6.10 Å². The second kappa shape index (κ2) is 3.70. The molecule has 0 heterocycles. The quantitative estimate of drug-likeness (QED) is 0.401. The topological polar surface area (TPSA) is 80.9 Å². The Bertz CT molecular complexity index is 145. The fraction of sp³-hybridized carbons (Fsp3) is 1.00. The molecule has 0 aromatic rings. The molecule has 0 aromatic carbocycles. The lowest BCUT2D eigenvalue weighted by molar-refractivity contribution is -0.138. The van der Waals surface area contributed by atoms with Gasteiger partial charge in [-0.15, -0.1) is 0 Å². The Labute approximate surface area is 71.5 Å². The van der Waals surface area contributed by atoms with Crippen LogP contribution in [0.25, 0.3) is 0 Å². The van der Waals surface area contributed by atoms with Crippen molar-refractivity contribution in [2.75, 3.05) is 6.61 Å². The normalized spacial score (nSPS) is 49.2. The van der Waals surface area contributed by atoms with Gasteiger partial charge in [0.05, 0.1) is 12.2 Å². The second-order valence-electron chi connectivity index (χ2n) is 3.63. The van der Waals surface area contributed by atoms with Gasteiger partial charge in [0, 0.05) is 12.5 Å². The summed E-state index contributed by atoms with van der Waals surface area (Å²) < 4.78 is 0. The fourth-order valence-electron chi connectivity index (χ4n) is 1.76. The van der Waals surface area contributed by atoms with E-state index in [4.69, 9.17) is 5.11 Å². The van der Waals surface area contributed by atoms with Crippen molar-refractivity contribution in [2.24, 2.45) is 11.8 Å². The third-order valence-electron chi connectivity index (χ3n) is 2.67. The van der Waals surface area contributed by atoms with Gasteiger partial charge in [-0.2, -0.15) is 0 Å². The largest absolute Gasteiger partial charge is 0.396 e. The summed E-state index contributed by atoms with van der Waals surface area (Å²) in [7, 11) is 0. The summed E-state index contributed by atoms with van der Waals surface area (Å²) >= 11 is 0. The van der Waals surface area contributed by atoms with Crippen LogP contribution < -0.4 is 0 Å². The molecule has 12 heavy (non-hydrogen) atoms. The van der Waals surface area contributed by atoms with E-state index in [0.717, 1.165) is 0 Å². The van der Waals surface area contributed by atoms with Crippen LogP contribution in [0.3, 0.4) is 0 Å². The monoisotopic (exact) mass is 176 g/mol. The first-order valence-electron chi connectivity index (χ1n) is 4.23. The molecular weight excluding hydrogens is 160 g/mol. The van der Waals surface area contributed by atoms with Crippen LogP contribution in [0.1, 0.15) is 13.3 Å². The van der Waals surface area contributed by atoms with E-state index in [2.05, 4.69) is 0 Å². The molecular formula is C8H16O4. The van der Waals surface area contributed by atoms with Crippen LogP contribution in [-0.4, -0.2) is 45.3 Å². The van der Waals surface area contributed by atoms with Crippen molar-refractivity contribution in [1.82, 2.24) is 0 Å². The van der Waals surface area contributed by atoms with Crippen LogP contribution in [0.2, 0.25) is 0 Å². The number of rotatable bonds is 1. The summed E-state index contributed by atoms with van der Waals surface area (Å²) in [5.41, 5.74) is 0. The van der Waals surface area contributed by atoms with Gasteiger partial charge in [-0.25, -0.2) is 0 Å². The predicted octanol–water partition coefficient (Wildman–Crippen LogP) is -1.28. The van der Waals surface area contributed by atoms with Crippen LogP contribution in [0.4, 0.5) is 0 Å². The Morgan fingerprint density at radius 1 is 1.08 bits per heavy atom. The summed E-state index contributed by atoms with van der Waals surface area (Å²) in [5.74, 6) is -0.376. The van der Waals surface area contributed by atoms with Gasteiger partial charge in [-0.05, 0) is 12.3 Å². The van der Waals surface area contributed by atoms with E-state index in [1.807, 2.05) is 0 Å². The van der Waals surface area contributed by atoms with Crippen LogP contribution in [0.5, 0.6) is 0 Å². The van der Waals surface area contributed by atoms with Crippen molar-refractivity contribution < 1.29 is 20.4 Å². The van der Waals surface area contributed by atoms with Crippen molar-refractivity contribution >= 4 is 0 Å². The number of hydrogen-bond acceptors (Lipinski definition) is 4. The zero-order valence-electron chi connectivity index (χ0n) is 7.09. The van der Waals surface area contributed by atoms with Crippen molar-refractivity contribution in [3.8, 4) is 0 Å². The average Bonchev–Trinajstić information content (AvgIpc) is 2.08. The van der Waals surface area contributed by atoms with Gasteiger partial charge in [-0.3, -0.25) is 0 Å². The van der Waals surface area contributed by atoms with Crippen molar-refractivity contribution in [3.05, 3.63) is 0 Å². The minimum atomic E-state index is -1.12. The lowest BCUT2D eigenvalue weighted by Crippen LogP contribution is -2.51. The SMILES string of the molecule is C[C@H]1CC(CO)[C@@H](O)[C@H](O)C1O.